The number of hydrogen-bond donors (Lipinski definition) is 2. The molecular weight excluding hydrogens is 434 g/mol. The van der Waals surface area contributed by atoms with Crippen LogP contribution in [0.15, 0.2) is 27.4 Å². The average molecular weight is 468 g/mol. The van der Waals surface area contributed by atoms with Gasteiger partial charge in [0.05, 0.1) is 18.6 Å². The van der Waals surface area contributed by atoms with E-state index in [0.29, 0.717) is 47.7 Å². The first-order valence-electron chi connectivity index (χ1n) is 12.1. The van der Waals surface area contributed by atoms with E-state index in [9.17, 15) is 14.9 Å². The monoisotopic (exact) mass is 467 g/mol. The minimum atomic E-state index is -0.880. The number of hydrogen-bond acceptors (Lipinski definition) is 8. The fraction of sp³-hybridized carbons (Fsp3) is 0.600. The fourth-order valence-electron chi connectivity index (χ4n) is 5.03. The van der Waals surface area contributed by atoms with Crippen molar-refractivity contribution in [1.29, 1.82) is 5.26 Å². The topological polar surface area (TPSA) is 120 Å². The number of nitrogens with one attached hydrogen (secondary N) is 2. The van der Waals surface area contributed by atoms with Crippen molar-refractivity contribution in [2.45, 2.75) is 62.9 Å². The van der Waals surface area contributed by atoms with Crippen LogP contribution in [0.2, 0.25) is 0 Å². The third kappa shape index (κ3) is 5.50. The molecule has 34 heavy (non-hydrogen) atoms. The first-order chi connectivity index (χ1) is 16.4. The molecule has 0 radical (unpaired) electrons. The molecule has 1 atom stereocenters. The number of methoxy groups -OCH3 is 1. The Balaban J connectivity index is 1.62. The van der Waals surface area contributed by atoms with E-state index in [2.05, 4.69) is 26.6 Å². The van der Waals surface area contributed by atoms with Crippen LogP contribution in [-0.4, -0.2) is 54.6 Å². The molecule has 0 unspecified atom stereocenters. The van der Waals surface area contributed by atoms with Gasteiger partial charge in [-0.15, -0.1) is 0 Å². The van der Waals surface area contributed by atoms with Gasteiger partial charge in [-0.3, -0.25) is 4.79 Å². The number of amides is 1. The van der Waals surface area contributed by atoms with Gasteiger partial charge in [0.25, 0.3) is 0 Å². The van der Waals surface area contributed by atoms with E-state index in [0.717, 1.165) is 38.8 Å². The molecule has 1 saturated carbocycles. The molecular formula is C25H33N5O4. The summed E-state index contributed by atoms with van der Waals surface area (Å²) >= 11 is 0. The molecule has 1 aromatic carbocycles. The number of anilines is 1. The van der Waals surface area contributed by atoms with Gasteiger partial charge >= 0.3 is 5.76 Å². The molecule has 4 rings (SSSR count). The highest BCUT2D eigenvalue weighted by atomic mass is 16.5. The number of ether oxygens (including phenoxy) is 1. The summed E-state index contributed by atoms with van der Waals surface area (Å²) in [6.07, 6.45) is 7.46. The summed E-state index contributed by atoms with van der Waals surface area (Å²) < 4.78 is 10.5. The normalized spacial score (nSPS) is 19.8. The Labute approximate surface area is 199 Å². The van der Waals surface area contributed by atoms with Crippen molar-refractivity contribution in [2.24, 2.45) is 5.92 Å². The molecule has 0 spiro atoms. The second-order valence-electron chi connectivity index (χ2n) is 9.61. The van der Waals surface area contributed by atoms with Crippen molar-refractivity contribution in [3.05, 3.63) is 28.7 Å². The SMILES string of the molecule is COc1ccc2c(N[C@@H](CC3CCCCC3)C(=O)NC3(C#N)CCN(C)CC3)nc(=O)oc2c1. The smallest absolute Gasteiger partial charge is 0.441 e. The number of benzene rings is 1. The fourth-order valence-corrected chi connectivity index (χ4v) is 5.03. The van der Waals surface area contributed by atoms with Crippen molar-refractivity contribution in [1.82, 2.24) is 15.2 Å². The lowest BCUT2D eigenvalue weighted by Crippen LogP contribution is -2.57. The van der Waals surface area contributed by atoms with Gasteiger partial charge in [-0.05, 0) is 44.4 Å². The maximum Gasteiger partial charge on any atom is 0.441 e. The number of piperidine rings is 1. The van der Waals surface area contributed by atoms with Crippen LogP contribution in [0.3, 0.4) is 0 Å². The van der Waals surface area contributed by atoms with Gasteiger partial charge in [-0.2, -0.15) is 10.2 Å². The Morgan fingerprint density at radius 3 is 2.74 bits per heavy atom. The summed E-state index contributed by atoms with van der Waals surface area (Å²) in [7, 11) is 3.56. The Morgan fingerprint density at radius 2 is 2.06 bits per heavy atom. The van der Waals surface area contributed by atoms with Gasteiger partial charge in [0, 0.05) is 19.2 Å². The number of rotatable bonds is 7. The summed E-state index contributed by atoms with van der Waals surface area (Å²) in [6.45, 7) is 1.50. The zero-order valence-electron chi connectivity index (χ0n) is 19.9. The number of likely N-dealkylation sites (tertiary alicyclic amines) is 1. The second-order valence-corrected chi connectivity index (χ2v) is 9.61. The van der Waals surface area contributed by atoms with Gasteiger partial charge in [0.2, 0.25) is 5.91 Å². The van der Waals surface area contributed by atoms with E-state index in [1.165, 1.54) is 13.5 Å². The highest BCUT2D eigenvalue weighted by Crippen LogP contribution is 2.30. The van der Waals surface area contributed by atoms with Crippen LogP contribution in [0, 0.1) is 17.2 Å². The third-order valence-corrected chi connectivity index (χ3v) is 7.18. The number of fused-ring (bicyclic) bond motifs is 1. The van der Waals surface area contributed by atoms with Crippen LogP contribution >= 0.6 is 0 Å². The van der Waals surface area contributed by atoms with Crippen molar-refractivity contribution in [3.63, 3.8) is 0 Å². The number of carbonyl (C=O) groups is 1. The molecule has 2 aromatic rings. The van der Waals surface area contributed by atoms with Gasteiger partial charge in [-0.25, -0.2) is 4.79 Å². The van der Waals surface area contributed by atoms with Crippen molar-refractivity contribution in [2.75, 3.05) is 32.6 Å². The lowest BCUT2D eigenvalue weighted by Gasteiger charge is -2.37. The third-order valence-electron chi connectivity index (χ3n) is 7.18. The number of nitriles is 1. The molecule has 1 aliphatic carbocycles. The summed E-state index contributed by atoms with van der Waals surface area (Å²) in [5.41, 5.74) is -0.545. The van der Waals surface area contributed by atoms with Crippen LogP contribution in [0.5, 0.6) is 5.75 Å². The van der Waals surface area contributed by atoms with E-state index in [1.54, 1.807) is 18.2 Å². The largest absolute Gasteiger partial charge is 0.497 e. The number of nitrogens with zero attached hydrogens (tertiary/aromatic N) is 3. The molecule has 2 aliphatic rings. The average Bonchev–Trinajstić information content (AvgIpc) is 2.85. The van der Waals surface area contributed by atoms with E-state index in [4.69, 9.17) is 9.15 Å². The summed E-state index contributed by atoms with van der Waals surface area (Å²) in [6, 6.07) is 6.89. The minimum Gasteiger partial charge on any atom is -0.497 e. The molecule has 1 aromatic heterocycles. The predicted molar refractivity (Wildman–Crippen MR) is 129 cm³/mol. The first-order valence-corrected chi connectivity index (χ1v) is 12.1. The summed E-state index contributed by atoms with van der Waals surface area (Å²) in [4.78, 5) is 32.0. The number of carbonyl (C=O) groups excluding carboxylic acids is 1. The maximum absolute atomic E-state index is 13.6. The molecule has 9 heteroatoms. The first kappa shape index (κ1) is 24.0. The van der Waals surface area contributed by atoms with Gasteiger partial charge < -0.3 is 24.7 Å². The molecule has 1 saturated heterocycles. The summed E-state index contributed by atoms with van der Waals surface area (Å²) in [5.74, 6) is 0.290. The van der Waals surface area contributed by atoms with Crippen molar-refractivity contribution in [3.8, 4) is 11.8 Å². The van der Waals surface area contributed by atoms with E-state index >= 15 is 0 Å². The molecule has 9 nitrogen and oxygen atoms in total. The molecule has 0 bridgehead atoms. The van der Waals surface area contributed by atoms with Crippen LogP contribution in [0.1, 0.15) is 51.4 Å². The zero-order valence-corrected chi connectivity index (χ0v) is 19.9. The Kier molecular flexibility index (Phi) is 7.37. The molecule has 182 valence electrons. The molecule has 1 aliphatic heterocycles. The van der Waals surface area contributed by atoms with E-state index in [1.807, 2.05) is 7.05 Å². The second kappa shape index (κ2) is 10.4. The van der Waals surface area contributed by atoms with Crippen LogP contribution < -0.4 is 21.1 Å². The lowest BCUT2D eigenvalue weighted by molar-refractivity contribution is -0.124. The number of aromatic nitrogens is 1. The van der Waals surface area contributed by atoms with Crippen molar-refractivity contribution >= 4 is 22.7 Å². The van der Waals surface area contributed by atoms with Crippen LogP contribution in [-0.2, 0) is 4.79 Å². The highest BCUT2D eigenvalue weighted by Gasteiger charge is 2.37. The van der Waals surface area contributed by atoms with E-state index in [-0.39, 0.29) is 5.91 Å². The standard InChI is InChI=1S/C25H33N5O4/c1-30-12-10-25(16-26,11-13-30)29-23(31)20(14-17-6-4-3-5-7-17)27-22-19-9-8-18(33-2)15-21(19)34-24(32)28-22/h8-9,15,17,20H,3-7,10-14H2,1-2H3,(H,29,31)(H,27,28,32)/t20-/m0/s1. The van der Waals surface area contributed by atoms with Gasteiger partial charge in [-0.1, -0.05) is 32.1 Å². The minimum absolute atomic E-state index is 0.228. The maximum atomic E-state index is 13.6. The quantitative estimate of drug-likeness (QED) is 0.637. The van der Waals surface area contributed by atoms with Crippen LogP contribution in [0.25, 0.3) is 11.0 Å². The molecule has 2 fully saturated rings. The molecule has 2 N–H and O–H groups in total. The Bertz CT molecular complexity index is 1110. The van der Waals surface area contributed by atoms with Gasteiger partial charge in [0.15, 0.2) is 0 Å². The highest BCUT2D eigenvalue weighted by molar-refractivity contribution is 5.92. The van der Waals surface area contributed by atoms with Gasteiger partial charge in [0.1, 0.15) is 28.7 Å². The zero-order chi connectivity index (χ0) is 24.1. The Hall–Kier alpha value is -3.12. The molecule has 1 amide bonds. The lowest BCUT2D eigenvalue weighted by atomic mass is 9.84. The van der Waals surface area contributed by atoms with E-state index < -0.39 is 17.3 Å². The van der Waals surface area contributed by atoms with Crippen molar-refractivity contribution < 1.29 is 13.9 Å². The summed E-state index contributed by atoms with van der Waals surface area (Å²) in [5, 5.41) is 16.8. The predicted octanol–water partition coefficient (Wildman–Crippen LogP) is 3.05. The van der Waals surface area contributed by atoms with Crippen LogP contribution in [0.4, 0.5) is 5.82 Å². The Morgan fingerprint density at radius 1 is 1.32 bits per heavy atom. The molecule has 2 heterocycles.